The van der Waals surface area contributed by atoms with Crippen molar-refractivity contribution in [1.29, 1.82) is 0 Å². The Morgan fingerprint density at radius 3 is 2.89 bits per heavy atom. The van der Waals surface area contributed by atoms with Crippen molar-refractivity contribution in [3.63, 3.8) is 0 Å². The quantitative estimate of drug-likeness (QED) is 0.888. The summed E-state index contributed by atoms with van der Waals surface area (Å²) in [5.74, 6) is 0. The van der Waals surface area contributed by atoms with Crippen molar-refractivity contribution in [2.45, 2.75) is 57.1 Å². The molecular formula is C16H23NO. The summed E-state index contributed by atoms with van der Waals surface area (Å²) in [5, 5.41) is 0. The minimum Gasteiger partial charge on any atom is -0.377 e. The number of ether oxygens (including phenoxy) is 1. The molecule has 1 aromatic rings. The molecule has 1 aromatic carbocycles. The SMILES string of the molecule is NC(Cc1ccc2c(c1)CCC2)C1CCCCO1. The molecule has 2 unspecified atom stereocenters. The van der Waals surface area contributed by atoms with Gasteiger partial charge in [-0.15, -0.1) is 0 Å². The predicted molar refractivity (Wildman–Crippen MR) is 73.7 cm³/mol. The second-order valence-electron chi connectivity index (χ2n) is 5.73. The highest BCUT2D eigenvalue weighted by atomic mass is 16.5. The van der Waals surface area contributed by atoms with Crippen LogP contribution in [0.25, 0.3) is 0 Å². The average Bonchev–Trinajstić information content (AvgIpc) is 2.87. The molecule has 18 heavy (non-hydrogen) atoms. The summed E-state index contributed by atoms with van der Waals surface area (Å²) in [6, 6.07) is 7.08. The molecule has 2 heteroatoms. The predicted octanol–water partition coefficient (Wildman–Crippen LogP) is 2.61. The Balaban J connectivity index is 1.64. The summed E-state index contributed by atoms with van der Waals surface area (Å²) in [6.45, 7) is 0.891. The first-order valence-corrected chi connectivity index (χ1v) is 7.31. The van der Waals surface area contributed by atoms with Crippen LogP contribution in [0.2, 0.25) is 0 Å². The Hall–Kier alpha value is -0.860. The van der Waals surface area contributed by atoms with Crippen molar-refractivity contribution in [3.8, 4) is 0 Å². The normalized spacial score (nSPS) is 24.8. The zero-order chi connectivity index (χ0) is 12.4. The highest BCUT2D eigenvalue weighted by Gasteiger charge is 2.22. The summed E-state index contributed by atoms with van der Waals surface area (Å²) in [7, 11) is 0. The van der Waals surface area contributed by atoms with E-state index in [0.717, 1.165) is 19.4 Å². The molecule has 0 amide bonds. The molecule has 98 valence electrons. The lowest BCUT2D eigenvalue weighted by Gasteiger charge is -2.28. The maximum absolute atomic E-state index is 6.30. The third-order valence-electron chi connectivity index (χ3n) is 4.33. The van der Waals surface area contributed by atoms with Gasteiger partial charge in [0.2, 0.25) is 0 Å². The molecule has 1 heterocycles. The molecule has 0 radical (unpaired) electrons. The monoisotopic (exact) mass is 245 g/mol. The zero-order valence-electron chi connectivity index (χ0n) is 11.0. The van der Waals surface area contributed by atoms with E-state index in [0.29, 0.717) is 0 Å². The van der Waals surface area contributed by atoms with Crippen LogP contribution in [0.5, 0.6) is 0 Å². The maximum Gasteiger partial charge on any atom is 0.0729 e. The van der Waals surface area contributed by atoms with Crippen LogP contribution in [0.1, 0.15) is 42.4 Å². The molecule has 2 nitrogen and oxygen atoms in total. The van der Waals surface area contributed by atoms with Gasteiger partial charge >= 0.3 is 0 Å². The van der Waals surface area contributed by atoms with Gasteiger partial charge in [-0.05, 0) is 61.6 Å². The van der Waals surface area contributed by atoms with Crippen LogP contribution >= 0.6 is 0 Å². The lowest BCUT2D eigenvalue weighted by molar-refractivity contribution is 0.000633. The van der Waals surface area contributed by atoms with E-state index < -0.39 is 0 Å². The number of benzene rings is 1. The van der Waals surface area contributed by atoms with E-state index in [-0.39, 0.29) is 12.1 Å². The van der Waals surface area contributed by atoms with Crippen molar-refractivity contribution in [1.82, 2.24) is 0 Å². The van der Waals surface area contributed by atoms with Gasteiger partial charge < -0.3 is 10.5 Å². The molecular weight excluding hydrogens is 222 g/mol. The summed E-state index contributed by atoms with van der Waals surface area (Å²) in [5.41, 5.74) is 10.8. The van der Waals surface area contributed by atoms with E-state index in [1.807, 2.05) is 0 Å². The molecule has 0 spiro atoms. The van der Waals surface area contributed by atoms with Crippen LogP contribution in [0, 0.1) is 0 Å². The molecule has 0 aromatic heterocycles. The van der Waals surface area contributed by atoms with Crippen LogP contribution in [0.3, 0.4) is 0 Å². The van der Waals surface area contributed by atoms with Crippen LogP contribution < -0.4 is 5.73 Å². The van der Waals surface area contributed by atoms with Gasteiger partial charge in [0.25, 0.3) is 0 Å². The fraction of sp³-hybridized carbons (Fsp3) is 0.625. The number of hydrogen-bond acceptors (Lipinski definition) is 2. The summed E-state index contributed by atoms with van der Waals surface area (Å²) in [6.07, 6.45) is 8.64. The topological polar surface area (TPSA) is 35.2 Å². The highest BCUT2D eigenvalue weighted by Crippen LogP contribution is 2.24. The molecule has 2 aliphatic rings. The molecule has 1 aliphatic carbocycles. The lowest BCUT2D eigenvalue weighted by Crippen LogP contribution is -2.40. The minimum atomic E-state index is 0.157. The Bertz CT molecular complexity index is 410. The standard InChI is InChI=1S/C16H23NO/c17-15(16-6-1-2-9-18-16)11-12-7-8-13-4-3-5-14(13)10-12/h7-8,10,15-16H,1-6,9,11,17H2. The molecule has 1 saturated heterocycles. The van der Waals surface area contributed by atoms with E-state index in [1.165, 1.54) is 37.7 Å². The minimum absolute atomic E-state index is 0.157. The van der Waals surface area contributed by atoms with Gasteiger partial charge in [0.05, 0.1) is 6.10 Å². The second kappa shape index (κ2) is 5.41. The van der Waals surface area contributed by atoms with Gasteiger partial charge in [-0.3, -0.25) is 0 Å². The van der Waals surface area contributed by atoms with Gasteiger partial charge in [0.1, 0.15) is 0 Å². The molecule has 1 fully saturated rings. The molecule has 1 aliphatic heterocycles. The molecule has 2 atom stereocenters. The van der Waals surface area contributed by atoms with Crippen molar-refractivity contribution in [3.05, 3.63) is 34.9 Å². The maximum atomic E-state index is 6.30. The van der Waals surface area contributed by atoms with Gasteiger partial charge in [-0.1, -0.05) is 18.2 Å². The number of nitrogens with two attached hydrogens (primary N) is 1. The smallest absolute Gasteiger partial charge is 0.0729 e. The van der Waals surface area contributed by atoms with Crippen LogP contribution in [0.4, 0.5) is 0 Å². The van der Waals surface area contributed by atoms with E-state index in [2.05, 4.69) is 18.2 Å². The molecule has 3 rings (SSSR count). The van der Waals surface area contributed by atoms with Gasteiger partial charge in [-0.25, -0.2) is 0 Å². The Morgan fingerprint density at radius 2 is 2.06 bits per heavy atom. The fourth-order valence-electron chi connectivity index (χ4n) is 3.26. The molecule has 0 saturated carbocycles. The Kier molecular flexibility index (Phi) is 3.67. The highest BCUT2D eigenvalue weighted by molar-refractivity contribution is 5.35. The number of hydrogen-bond donors (Lipinski definition) is 1. The van der Waals surface area contributed by atoms with Crippen LogP contribution in [-0.2, 0) is 24.0 Å². The van der Waals surface area contributed by atoms with Crippen molar-refractivity contribution in [2.75, 3.05) is 6.61 Å². The van der Waals surface area contributed by atoms with E-state index >= 15 is 0 Å². The summed E-state index contributed by atoms with van der Waals surface area (Å²) < 4.78 is 5.78. The first kappa shape index (κ1) is 12.2. The Labute approximate surface area is 110 Å². The Morgan fingerprint density at radius 1 is 1.17 bits per heavy atom. The second-order valence-corrected chi connectivity index (χ2v) is 5.73. The van der Waals surface area contributed by atoms with Gasteiger partial charge in [0, 0.05) is 12.6 Å². The average molecular weight is 245 g/mol. The number of rotatable bonds is 3. The third kappa shape index (κ3) is 2.60. The zero-order valence-corrected chi connectivity index (χ0v) is 11.0. The first-order valence-electron chi connectivity index (χ1n) is 7.31. The molecule has 0 bridgehead atoms. The van der Waals surface area contributed by atoms with Crippen molar-refractivity contribution >= 4 is 0 Å². The van der Waals surface area contributed by atoms with Gasteiger partial charge in [-0.2, -0.15) is 0 Å². The van der Waals surface area contributed by atoms with E-state index in [9.17, 15) is 0 Å². The molecule has 2 N–H and O–H groups in total. The van der Waals surface area contributed by atoms with Gasteiger partial charge in [0.15, 0.2) is 0 Å². The third-order valence-corrected chi connectivity index (χ3v) is 4.33. The van der Waals surface area contributed by atoms with E-state index in [1.54, 1.807) is 11.1 Å². The lowest BCUT2D eigenvalue weighted by atomic mass is 9.95. The largest absolute Gasteiger partial charge is 0.377 e. The van der Waals surface area contributed by atoms with Crippen molar-refractivity contribution in [2.24, 2.45) is 5.73 Å². The number of fused-ring (bicyclic) bond motifs is 1. The fourth-order valence-corrected chi connectivity index (χ4v) is 3.26. The first-order chi connectivity index (χ1) is 8.83. The summed E-state index contributed by atoms with van der Waals surface area (Å²) in [4.78, 5) is 0. The summed E-state index contributed by atoms with van der Waals surface area (Å²) >= 11 is 0. The van der Waals surface area contributed by atoms with Crippen molar-refractivity contribution < 1.29 is 4.74 Å². The van der Waals surface area contributed by atoms with E-state index in [4.69, 9.17) is 10.5 Å². The van der Waals surface area contributed by atoms with Crippen LogP contribution in [0.15, 0.2) is 18.2 Å². The number of aryl methyl sites for hydroxylation is 2. The van der Waals surface area contributed by atoms with Crippen LogP contribution in [-0.4, -0.2) is 18.8 Å².